The fourth-order valence-corrected chi connectivity index (χ4v) is 9.74. The molecule has 7 heterocycles. The molecular formula is C53H50N12O4. The van der Waals surface area contributed by atoms with Crippen LogP contribution < -0.4 is 20.1 Å². The van der Waals surface area contributed by atoms with Crippen LogP contribution in [0.25, 0.3) is 33.6 Å². The Bertz CT molecular complexity index is 3060. The largest absolute Gasteiger partial charge is 0.488 e. The standard InChI is InChI=1S/C53H50N12O4/c1-3-22-64(50(66)46(33-13-6-4-7-14-33)62-52-54-18-11-19-55-52)32(2)48-58-28-39(60-48)35-24-37-30-69-43-27-36(25-38-31-68-42(26-35)44(37)45(38)43)40-29-59-49(61-40)41-17-10-23-65(41)51(67)47(34-15-8-5-9-16-34)63-53-56-20-12-21-57-53/h4-9,11-16,18-21,24-29,32,41,46-47H,3,10,17,22-23,30-31H2,1-2H3,(H,58,60)(H,59,61)(H,54,55,62)(H,56,57,63)/t32-,41-,46+,47+/m0/s1. The highest BCUT2D eigenvalue weighted by atomic mass is 16.5. The molecule has 11 rings (SSSR count). The predicted molar refractivity (Wildman–Crippen MR) is 259 cm³/mol. The van der Waals surface area contributed by atoms with Gasteiger partial charge < -0.3 is 39.9 Å². The minimum absolute atomic E-state index is 0.0653. The van der Waals surface area contributed by atoms with Gasteiger partial charge in [-0.25, -0.2) is 29.9 Å². The highest BCUT2D eigenvalue weighted by molar-refractivity contribution is 5.89. The van der Waals surface area contributed by atoms with Crippen LogP contribution in [0.3, 0.4) is 0 Å². The van der Waals surface area contributed by atoms with Gasteiger partial charge >= 0.3 is 0 Å². The minimum Gasteiger partial charge on any atom is -0.488 e. The maximum atomic E-state index is 14.5. The van der Waals surface area contributed by atoms with E-state index in [2.05, 4.69) is 71.7 Å². The Hall–Kier alpha value is -8.40. The number of benzene rings is 4. The number of H-pyrrole nitrogens is 2. The number of amides is 2. The summed E-state index contributed by atoms with van der Waals surface area (Å²) in [5.74, 6) is 3.54. The van der Waals surface area contributed by atoms with E-state index in [0.717, 1.165) is 92.5 Å². The molecule has 4 atom stereocenters. The third kappa shape index (κ3) is 8.49. The van der Waals surface area contributed by atoms with Crippen molar-refractivity contribution < 1.29 is 19.1 Å². The zero-order valence-electron chi connectivity index (χ0n) is 38.2. The second-order valence-electron chi connectivity index (χ2n) is 17.5. The summed E-state index contributed by atoms with van der Waals surface area (Å²) in [5, 5.41) is 6.55. The van der Waals surface area contributed by atoms with Gasteiger partial charge in [-0.15, -0.1) is 0 Å². The third-order valence-electron chi connectivity index (χ3n) is 13.1. The Morgan fingerprint density at radius 2 is 1.26 bits per heavy atom. The van der Waals surface area contributed by atoms with Gasteiger partial charge in [0.2, 0.25) is 23.7 Å². The fourth-order valence-electron chi connectivity index (χ4n) is 9.74. The summed E-state index contributed by atoms with van der Waals surface area (Å²) in [4.78, 5) is 66.8. The Kier molecular flexibility index (Phi) is 11.7. The Balaban J connectivity index is 0.825. The molecule has 8 aromatic rings. The summed E-state index contributed by atoms with van der Waals surface area (Å²) in [6.45, 7) is 5.89. The van der Waals surface area contributed by atoms with Gasteiger partial charge in [-0.1, -0.05) is 67.6 Å². The van der Waals surface area contributed by atoms with Crippen molar-refractivity contribution in [2.45, 2.75) is 70.5 Å². The quantitative estimate of drug-likeness (QED) is 0.0764. The molecule has 0 bridgehead atoms. The normalized spacial score (nSPS) is 15.8. The lowest BCUT2D eigenvalue weighted by molar-refractivity contribution is -0.135. The first-order valence-corrected chi connectivity index (χ1v) is 23.4. The molecule has 2 amide bonds. The van der Waals surface area contributed by atoms with Crippen LogP contribution in [0.2, 0.25) is 0 Å². The van der Waals surface area contributed by atoms with E-state index in [1.54, 1.807) is 36.9 Å². The molecule has 0 spiro atoms. The molecule has 346 valence electrons. The number of nitrogens with one attached hydrogen (secondary N) is 4. The third-order valence-corrected chi connectivity index (χ3v) is 13.1. The Morgan fingerprint density at radius 1 is 0.710 bits per heavy atom. The average molecular weight is 919 g/mol. The molecule has 4 aromatic heterocycles. The number of anilines is 2. The first-order valence-electron chi connectivity index (χ1n) is 23.4. The van der Waals surface area contributed by atoms with Crippen molar-refractivity contribution in [1.82, 2.24) is 49.7 Å². The summed E-state index contributed by atoms with van der Waals surface area (Å²) < 4.78 is 13.1. The van der Waals surface area contributed by atoms with E-state index >= 15 is 0 Å². The lowest BCUT2D eigenvalue weighted by Crippen LogP contribution is -2.40. The van der Waals surface area contributed by atoms with Gasteiger partial charge in [0.05, 0.1) is 35.9 Å². The van der Waals surface area contributed by atoms with Gasteiger partial charge in [0, 0.05) is 71.3 Å². The van der Waals surface area contributed by atoms with Gasteiger partial charge in [-0.05, 0) is 73.7 Å². The van der Waals surface area contributed by atoms with Gasteiger partial charge in [0.1, 0.15) is 48.4 Å². The predicted octanol–water partition coefficient (Wildman–Crippen LogP) is 9.17. The van der Waals surface area contributed by atoms with Crippen molar-refractivity contribution in [3.8, 4) is 45.1 Å². The van der Waals surface area contributed by atoms with Crippen molar-refractivity contribution in [3.05, 3.63) is 168 Å². The minimum atomic E-state index is -0.706. The number of carbonyl (C=O) groups is 2. The zero-order valence-corrected chi connectivity index (χ0v) is 38.2. The van der Waals surface area contributed by atoms with Crippen LogP contribution >= 0.6 is 0 Å². The number of rotatable bonds is 15. The molecule has 1 fully saturated rings. The molecule has 3 aliphatic heterocycles. The summed E-state index contributed by atoms with van der Waals surface area (Å²) in [7, 11) is 0. The zero-order chi connectivity index (χ0) is 46.8. The van der Waals surface area contributed by atoms with Crippen LogP contribution in [0.15, 0.2) is 134 Å². The second kappa shape index (κ2) is 18.7. The van der Waals surface area contributed by atoms with Gasteiger partial charge in [-0.2, -0.15) is 0 Å². The first-order chi connectivity index (χ1) is 33.9. The van der Waals surface area contributed by atoms with Crippen LogP contribution in [-0.2, 0) is 22.8 Å². The number of carbonyl (C=O) groups excluding carboxylic acids is 2. The number of ether oxygens (including phenoxy) is 2. The maximum absolute atomic E-state index is 14.5. The topological polar surface area (TPSA) is 192 Å². The number of aromatic nitrogens is 8. The highest BCUT2D eigenvalue weighted by Gasteiger charge is 2.38. The van der Waals surface area contributed by atoms with Crippen LogP contribution in [0.5, 0.6) is 11.5 Å². The maximum Gasteiger partial charge on any atom is 0.250 e. The van der Waals surface area contributed by atoms with E-state index < -0.39 is 12.1 Å². The number of hydrogen-bond donors (Lipinski definition) is 4. The fraction of sp³-hybridized carbons (Fsp3) is 0.245. The molecule has 0 unspecified atom stereocenters. The van der Waals surface area contributed by atoms with E-state index in [1.165, 1.54) is 0 Å². The molecule has 1 saturated heterocycles. The van der Waals surface area contributed by atoms with E-state index in [-0.39, 0.29) is 23.9 Å². The number of hydrogen-bond acceptors (Lipinski definition) is 12. The van der Waals surface area contributed by atoms with Gasteiger partial charge in [-0.3, -0.25) is 9.59 Å². The molecule has 0 aliphatic carbocycles. The molecular weight excluding hydrogens is 869 g/mol. The van der Waals surface area contributed by atoms with Crippen LogP contribution in [0.1, 0.15) is 91.2 Å². The van der Waals surface area contributed by atoms with Gasteiger partial charge in [0.25, 0.3) is 0 Å². The number of aromatic amines is 2. The molecule has 4 N–H and O–H groups in total. The highest BCUT2D eigenvalue weighted by Crippen LogP contribution is 2.51. The second-order valence-corrected chi connectivity index (χ2v) is 17.5. The smallest absolute Gasteiger partial charge is 0.250 e. The van der Waals surface area contributed by atoms with Crippen molar-refractivity contribution in [3.63, 3.8) is 0 Å². The summed E-state index contributed by atoms with van der Waals surface area (Å²) in [6.07, 6.45) is 12.7. The monoisotopic (exact) mass is 918 g/mol. The summed E-state index contributed by atoms with van der Waals surface area (Å²) in [5.41, 5.74) is 9.17. The summed E-state index contributed by atoms with van der Waals surface area (Å²) >= 11 is 0. The van der Waals surface area contributed by atoms with E-state index in [4.69, 9.17) is 19.4 Å². The van der Waals surface area contributed by atoms with Crippen LogP contribution in [-0.4, -0.2) is 74.6 Å². The number of nitrogens with zero attached hydrogens (tertiary/aromatic N) is 8. The van der Waals surface area contributed by atoms with Crippen LogP contribution in [0.4, 0.5) is 11.9 Å². The summed E-state index contributed by atoms with van der Waals surface area (Å²) in [6, 6.07) is 29.2. The van der Waals surface area contributed by atoms with Crippen molar-refractivity contribution >= 4 is 23.7 Å². The number of imidazole rings is 2. The van der Waals surface area contributed by atoms with Crippen molar-refractivity contribution in [2.24, 2.45) is 0 Å². The molecule has 0 saturated carbocycles. The molecule has 0 radical (unpaired) electrons. The van der Waals surface area contributed by atoms with E-state index in [0.29, 0.717) is 44.0 Å². The lowest BCUT2D eigenvalue weighted by Gasteiger charge is -2.32. The Morgan fingerprint density at radius 3 is 1.86 bits per heavy atom. The molecule has 3 aliphatic rings. The molecule has 16 heteroatoms. The average Bonchev–Trinajstić information content (AvgIpc) is 4.21. The Labute approximate surface area is 398 Å². The lowest BCUT2D eigenvalue weighted by atomic mass is 9.87. The first kappa shape index (κ1) is 43.2. The van der Waals surface area contributed by atoms with E-state index in [9.17, 15) is 9.59 Å². The molecule has 4 aromatic carbocycles. The van der Waals surface area contributed by atoms with Crippen molar-refractivity contribution in [2.75, 3.05) is 23.7 Å². The SMILES string of the molecule is CCCN(C(=O)[C@H](Nc1ncccn1)c1ccccc1)[C@@H](C)c1ncc(-c2cc3c4c(c2)OCc2cc(-c5cnc([C@@H]6CCCN6C(=O)[C@H](Nc6ncccn6)c6ccccc6)[nH]5)cc(c2-4)OC3)[nH]1. The molecule has 69 heavy (non-hydrogen) atoms. The number of likely N-dealkylation sites (tertiary alicyclic amines) is 1. The van der Waals surface area contributed by atoms with Crippen LogP contribution in [0, 0.1) is 0 Å². The molecule has 16 nitrogen and oxygen atoms in total. The van der Waals surface area contributed by atoms with Crippen molar-refractivity contribution in [1.29, 1.82) is 0 Å². The van der Waals surface area contributed by atoms with Gasteiger partial charge in [0.15, 0.2) is 0 Å². The van der Waals surface area contributed by atoms with E-state index in [1.807, 2.05) is 89.8 Å².